The molecule has 9 N–H and O–H groups in total. The molecule has 0 aromatic carbocycles. The lowest BCUT2D eigenvalue weighted by Crippen LogP contribution is -2.60. The molecule has 0 bridgehead atoms. The molecule has 11 heteroatoms. The summed E-state index contributed by atoms with van der Waals surface area (Å²) in [6, 6.07) is -3.75. The van der Waals surface area contributed by atoms with Crippen LogP contribution in [0.1, 0.15) is 58.8 Å². The molecule has 0 unspecified atom stereocenters. The number of carbonyl (C=O) groups excluding carboxylic acids is 3. The van der Waals surface area contributed by atoms with E-state index in [-0.39, 0.29) is 31.8 Å². The summed E-state index contributed by atoms with van der Waals surface area (Å²) in [4.78, 5) is 48.1. The quantitative estimate of drug-likeness (QED) is 0.144. The van der Waals surface area contributed by atoms with E-state index in [0.717, 1.165) is 25.7 Å². The topological polar surface area (TPSA) is 197 Å². The molecule has 0 spiro atoms. The van der Waals surface area contributed by atoms with Gasteiger partial charge in [-0.15, -0.1) is 0 Å². The van der Waals surface area contributed by atoms with E-state index in [1.54, 1.807) is 0 Å². The molecule has 0 saturated carbocycles. The van der Waals surface area contributed by atoms with Crippen molar-refractivity contribution in [3.63, 3.8) is 0 Å². The molecule has 0 aliphatic heterocycles. The van der Waals surface area contributed by atoms with E-state index in [1.807, 2.05) is 0 Å². The predicted octanol–water partition coefficient (Wildman–Crippen LogP) is -1.43. The fourth-order valence-electron chi connectivity index (χ4n) is 2.73. The van der Waals surface area contributed by atoms with Gasteiger partial charge in [-0.05, 0) is 26.3 Å². The standard InChI is InChI=1S/C19H37N5O6/c1-3-4-5-6-7-8-15(26)22-13(9-10-20)17(27)24-16(12(2)25)18(28)23-14(11-21)19(29)30/h12-14,16,25H,3-11,20-21H2,1-2H3,(H,22,26)(H,23,28)(H,24,27)(H,29,30)/t12-,13+,14-,16+/m1/s1. The minimum atomic E-state index is -1.42. The van der Waals surface area contributed by atoms with Gasteiger partial charge in [0.25, 0.3) is 0 Å². The van der Waals surface area contributed by atoms with Crippen LogP contribution in [0.2, 0.25) is 0 Å². The number of carbonyl (C=O) groups is 4. The van der Waals surface area contributed by atoms with Crippen LogP contribution in [0.5, 0.6) is 0 Å². The van der Waals surface area contributed by atoms with Gasteiger partial charge in [-0.3, -0.25) is 14.4 Å². The Morgan fingerprint density at radius 3 is 2.03 bits per heavy atom. The molecular formula is C19H37N5O6. The number of aliphatic carboxylic acids is 1. The lowest BCUT2D eigenvalue weighted by molar-refractivity contribution is -0.142. The number of rotatable bonds is 16. The molecule has 0 saturated heterocycles. The van der Waals surface area contributed by atoms with Gasteiger partial charge >= 0.3 is 5.97 Å². The van der Waals surface area contributed by atoms with Crippen molar-refractivity contribution in [2.45, 2.75) is 83.0 Å². The van der Waals surface area contributed by atoms with Gasteiger partial charge in [-0.1, -0.05) is 32.6 Å². The van der Waals surface area contributed by atoms with Gasteiger partial charge in [0.1, 0.15) is 18.1 Å². The molecule has 3 amide bonds. The van der Waals surface area contributed by atoms with E-state index >= 15 is 0 Å². The fraction of sp³-hybridized carbons (Fsp3) is 0.789. The third-order valence-corrected chi connectivity index (χ3v) is 4.53. The van der Waals surface area contributed by atoms with Crippen LogP contribution in [0, 0.1) is 0 Å². The first-order valence-electron chi connectivity index (χ1n) is 10.4. The Balaban J connectivity index is 4.90. The summed E-state index contributed by atoms with van der Waals surface area (Å²) in [5.74, 6) is -3.23. The number of carboxylic acids is 1. The first kappa shape index (κ1) is 27.8. The van der Waals surface area contributed by atoms with Crippen molar-refractivity contribution < 1.29 is 29.4 Å². The van der Waals surface area contributed by atoms with Crippen LogP contribution < -0.4 is 27.4 Å². The molecule has 0 rings (SSSR count). The second-order valence-electron chi connectivity index (χ2n) is 7.22. The van der Waals surface area contributed by atoms with E-state index < -0.39 is 42.0 Å². The van der Waals surface area contributed by atoms with E-state index in [9.17, 15) is 24.3 Å². The lowest BCUT2D eigenvalue weighted by atomic mass is 10.1. The Bertz CT molecular complexity index is 558. The molecule has 0 radical (unpaired) electrons. The van der Waals surface area contributed by atoms with Gasteiger partial charge in [-0.25, -0.2) is 4.79 Å². The zero-order valence-corrected chi connectivity index (χ0v) is 17.9. The minimum Gasteiger partial charge on any atom is -0.480 e. The molecule has 30 heavy (non-hydrogen) atoms. The van der Waals surface area contributed by atoms with Gasteiger partial charge in [0.05, 0.1) is 6.10 Å². The Labute approximate surface area is 177 Å². The SMILES string of the molecule is CCCCCCCC(=O)N[C@@H](CCN)C(=O)N[C@H](C(=O)N[C@H](CN)C(=O)O)[C@@H](C)O. The van der Waals surface area contributed by atoms with E-state index in [2.05, 4.69) is 22.9 Å². The third-order valence-electron chi connectivity index (χ3n) is 4.53. The number of carboxylic acid groups (broad SMARTS) is 1. The van der Waals surface area contributed by atoms with Crippen molar-refractivity contribution in [1.29, 1.82) is 0 Å². The van der Waals surface area contributed by atoms with Crippen molar-refractivity contribution in [3.05, 3.63) is 0 Å². The number of nitrogens with one attached hydrogen (secondary N) is 3. The molecular weight excluding hydrogens is 394 g/mol. The summed E-state index contributed by atoms with van der Waals surface area (Å²) in [5.41, 5.74) is 10.8. The predicted molar refractivity (Wildman–Crippen MR) is 111 cm³/mol. The number of unbranched alkanes of at least 4 members (excludes halogenated alkanes) is 4. The van der Waals surface area contributed by atoms with Gasteiger partial charge in [-0.2, -0.15) is 0 Å². The summed E-state index contributed by atoms with van der Waals surface area (Å²) >= 11 is 0. The van der Waals surface area contributed by atoms with Crippen LogP contribution in [0.25, 0.3) is 0 Å². The molecule has 4 atom stereocenters. The summed E-state index contributed by atoms with van der Waals surface area (Å²) in [7, 11) is 0. The van der Waals surface area contributed by atoms with Gasteiger partial charge in [0.2, 0.25) is 17.7 Å². The second-order valence-corrected chi connectivity index (χ2v) is 7.22. The molecule has 0 heterocycles. The van der Waals surface area contributed by atoms with Gasteiger partial charge in [0.15, 0.2) is 0 Å². The monoisotopic (exact) mass is 431 g/mol. The van der Waals surface area contributed by atoms with Crippen LogP contribution in [0.15, 0.2) is 0 Å². The van der Waals surface area contributed by atoms with Crippen molar-refractivity contribution in [1.82, 2.24) is 16.0 Å². The maximum absolute atomic E-state index is 12.6. The highest BCUT2D eigenvalue weighted by Crippen LogP contribution is 2.05. The first-order valence-corrected chi connectivity index (χ1v) is 10.4. The van der Waals surface area contributed by atoms with Crippen LogP contribution in [-0.4, -0.2) is 71.2 Å². The minimum absolute atomic E-state index is 0.120. The lowest BCUT2D eigenvalue weighted by Gasteiger charge is -2.25. The van der Waals surface area contributed by atoms with Crippen molar-refractivity contribution in [2.24, 2.45) is 11.5 Å². The third kappa shape index (κ3) is 11.1. The number of aliphatic hydroxyl groups excluding tert-OH is 1. The molecule has 0 fully saturated rings. The van der Waals surface area contributed by atoms with E-state index in [0.29, 0.717) is 6.42 Å². The van der Waals surface area contributed by atoms with Crippen molar-refractivity contribution in [3.8, 4) is 0 Å². The zero-order chi connectivity index (χ0) is 23.1. The molecule has 174 valence electrons. The summed E-state index contributed by atoms with van der Waals surface area (Å²) in [5, 5.41) is 26.0. The molecule has 0 aliphatic carbocycles. The van der Waals surface area contributed by atoms with Crippen molar-refractivity contribution >= 4 is 23.7 Å². The van der Waals surface area contributed by atoms with E-state index in [1.165, 1.54) is 6.92 Å². The first-order chi connectivity index (χ1) is 14.2. The largest absolute Gasteiger partial charge is 0.480 e. The maximum atomic E-state index is 12.6. The number of nitrogens with two attached hydrogens (primary N) is 2. The molecule has 0 aromatic heterocycles. The van der Waals surface area contributed by atoms with E-state index in [4.69, 9.17) is 16.6 Å². The number of hydrogen-bond donors (Lipinski definition) is 7. The van der Waals surface area contributed by atoms with Crippen LogP contribution in [-0.2, 0) is 19.2 Å². The average Bonchev–Trinajstić information content (AvgIpc) is 2.68. The summed E-state index contributed by atoms with van der Waals surface area (Å²) in [6.45, 7) is 3.14. The Kier molecular flexibility index (Phi) is 14.4. The molecule has 11 nitrogen and oxygen atoms in total. The maximum Gasteiger partial charge on any atom is 0.327 e. The Morgan fingerprint density at radius 2 is 1.53 bits per heavy atom. The summed E-state index contributed by atoms with van der Waals surface area (Å²) in [6.07, 6.45) is 3.98. The number of aliphatic hydroxyl groups is 1. The summed E-state index contributed by atoms with van der Waals surface area (Å²) < 4.78 is 0. The highest BCUT2D eigenvalue weighted by atomic mass is 16.4. The van der Waals surface area contributed by atoms with Crippen LogP contribution >= 0.6 is 0 Å². The average molecular weight is 432 g/mol. The number of amides is 3. The normalized spacial score (nSPS) is 14.8. The molecule has 0 aromatic rings. The number of hydrogen-bond acceptors (Lipinski definition) is 7. The smallest absolute Gasteiger partial charge is 0.327 e. The van der Waals surface area contributed by atoms with Crippen LogP contribution in [0.3, 0.4) is 0 Å². The van der Waals surface area contributed by atoms with Crippen molar-refractivity contribution in [2.75, 3.05) is 13.1 Å². The van der Waals surface area contributed by atoms with Gasteiger partial charge in [0, 0.05) is 13.0 Å². The highest BCUT2D eigenvalue weighted by Gasteiger charge is 2.31. The Hall–Kier alpha value is -2.24. The Morgan fingerprint density at radius 1 is 0.900 bits per heavy atom. The highest BCUT2D eigenvalue weighted by molar-refractivity contribution is 5.93. The van der Waals surface area contributed by atoms with Crippen LogP contribution in [0.4, 0.5) is 0 Å². The van der Waals surface area contributed by atoms with Gasteiger partial charge < -0.3 is 37.6 Å². The second kappa shape index (κ2) is 15.6. The zero-order valence-electron chi connectivity index (χ0n) is 17.9. The fourth-order valence-corrected chi connectivity index (χ4v) is 2.73. The molecule has 0 aliphatic rings.